The van der Waals surface area contributed by atoms with Gasteiger partial charge in [-0.2, -0.15) is 0 Å². The minimum Gasteiger partial charge on any atom is -0.310 e. The van der Waals surface area contributed by atoms with Crippen LogP contribution in [0.5, 0.6) is 0 Å². The topological polar surface area (TPSA) is 3.24 Å². The zero-order valence-electron chi connectivity index (χ0n) is 21.1. The normalized spacial score (nSPS) is 11.1. The number of benzene rings is 5. The van der Waals surface area contributed by atoms with Crippen molar-refractivity contribution in [3.05, 3.63) is 149 Å². The summed E-state index contributed by atoms with van der Waals surface area (Å²) < 4.78 is 0. The molecular weight excluding hydrogens is 434 g/mol. The fourth-order valence-corrected chi connectivity index (χ4v) is 4.39. The van der Waals surface area contributed by atoms with Crippen molar-refractivity contribution >= 4 is 29.2 Å². The summed E-state index contributed by atoms with van der Waals surface area (Å²) in [6.45, 7) is 6.37. The molecular formula is C35H31N. The fourth-order valence-electron chi connectivity index (χ4n) is 4.39. The number of anilines is 3. The van der Waals surface area contributed by atoms with Gasteiger partial charge in [0.05, 0.1) is 0 Å². The molecule has 0 aliphatic heterocycles. The van der Waals surface area contributed by atoms with Gasteiger partial charge in [0.2, 0.25) is 0 Å². The van der Waals surface area contributed by atoms with Crippen molar-refractivity contribution in [3.8, 4) is 11.1 Å². The standard InChI is InChI=1S/C35H31N/c1-26-9-15-29(16-10-26)17-18-31-19-24-34(25-35(31)30-7-5-4-6-8-30)36(32-20-11-27(2)12-21-32)33-22-13-28(3)14-23-33/h4-25H,1-3H3. The molecule has 0 unspecified atom stereocenters. The van der Waals surface area contributed by atoms with Crippen LogP contribution in [0.1, 0.15) is 27.8 Å². The Balaban J connectivity index is 1.63. The van der Waals surface area contributed by atoms with Gasteiger partial charge >= 0.3 is 0 Å². The lowest BCUT2D eigenvalue weighted by molar-refractivity contribution is 1.27. The number of rotatable bonds is 6. The lowest BCUT2D eigenvalue weighted by Crippen LogP contribution is -2.10. The SMILES string of the molecule is Cc1ccc(C=Cc2ccc(N(c3ccc(C)cc3)c3ccc(C)cc3)cc2-c2ccccc2)cc1. The van der Waals surface area contributed by atoms with Gasteiger partial charge in [0.1, 0.15) is 0 Å². The van der Waals surface area contributed by atoms with Gasteiger partial charge in [-0.1, -0.05) is 114 Å². The van der Waals surface area contributed by atoms with E-state index >= 15 is 0 Å². The van der Waals surface area contributed by atoms with Crippen molar-refractivity contribution in [2.75, 3.05) is 4.90 Å². The highest BCUT2D eigenvalue weighted by Gasteiger charge is 2.15. The van der Waals surface area contributed by atoms with Gasteiger partial charge in [-0.3, -0.25) is 0 Å². The van der Waals surface area contributed by atoms with Gasteiger partial charge in [0.15, 0.2) is 0 Å². The minimum absolute atomic E-state index is 1.13. The van der Waals surface area contributed by atoms with E-state index in [-0.39, 0.29) is 0 Å². The third-order valence-corrected chi connectivity index (χ3v) is 6.50. The Labute approximate surface area is 215 Å². The molecule has 1 nitrogen and oxygen atoms in total. The van der Waals surface area contributed by atoms with Crippen LogP contribution < -0.4 is 4.90 Å². The average Bonchev–Trinajstić information content (AvgIpc) is 2.91. The highest BCUT2D eigenvalue weighted by Crippen LogP contribution is 2.38. The molecule has 0 radical (unpaired) electrons. The summed E-state index contributed by atoms with van der Waals surface area (Å²) in [6, 6.07) is 43.5. The third kappa shape index (κ3) is 5.31. The molecule has 0 aliphatic rings. The molecule has 0 saturated carbocycles. The van der Waals surface area contributed by atoms with E-state index in [9.17, 15) is 0 Å². The lowest BCUT2D eigenvalue weighted by atomic mass is 9.97. The lowest BCUT2D eigenvalue weighted by Gasteiger charge is -2.27. The third-order valence-electron chi connectivity index (χ3n) is 6.50. The summed E-state index contributed by atoms with van der Waals surface area (Å²) in [4.78, 5) is 2.33. The van der Waals surface area contributed by atoms with Crippen molar-refractivity contribution in [1.82, 2.24) is 0 Å². The monoisotopic (exact) mass is 465 g/mol. The zero-order valence-corrected chi connectivity index (χ0v) is 21.1. The molecule has 36 heavy (non-hydrogen) atoms. The highest BCUT2D eigenvalue weighted by molar-refractivity contribution is 5.86. The maximum atomic E-state index is 2.33. The van der Waals surface area contributed by atoms with E-state index in [0.29, 0.717) is 0 Å². The van der Waals surface area contributed by atoms with E-state index in [1.54, 1.807) is 0 Å². The van der Waals surface area contributed by atoms with Crippen LogP contribution >= 0.6 is 0 Å². The Morgan fingerprint density at radius 2 is 0.972 bits per heavy atom. The molecule has 5 aromatic rings. The van der Waals surface area contributed by atoms with Gasteiger partial charge in [-0.15, -0.1) is 0 Å². The maximum absolute atomic E-state index is 2.33. The van der Waals surface area contributed by atoms with Crippen LogP contribution in [0.4, 0.5) is 17.1 Å². The second kappa shape index (κ2) is 10.5. The molecule has 5 rings (SSSR count). The Bertz CT molecular complexity index is 1410. The van der Waals surface area contributed by atoms with Gasteiger partial charge in [-0.25, -0.2) is 0 Å². The van der Waals surface area contributed by atoms with E-state index < -0.39 is 0 Å². The first-order chi connectivity index (χ1) is 17.6. The molecule has 0 bridgehead atoms. The van der Waals surface area contributed by atoms with Crippen molar-refractivity contribution in [1.29, 1.82) is 0 Å². The van der Waals surface area contributed by atoms with Gasteiger partial charge < -0.3 is 4.90 Å². The molecule has 176 valence electrons. The first-order valence-electron chi connectivity index (χ1n) is 12.4. The van der Waals surface area contributed by atoms with Crippen LogP contribution in [0.15, 0.2) is 121 Å². The van der Waals surface area contributed by atoms with Crippen molar-refractivity contribution in [2.45, 2.75) is 20.8 Å². The molecule has 0 aliphatic carbocycles. The van der Waals surface area contributed by atoms with E-state index in [2.05, 4.69) is 159 Å². The molecule has 0 saturated heterocycles. The summed E-state index contributed by atoms with van der Waals surface area (Å²) in [5.74, 6) is 0. The average molecular weight is 466 g/mol. The van der Waals surface area contributed by atoms with Crippen molar-refractivity contribution in [3.63, 3.8) is 0 Å². The first-order valence-corrected chi connectivity index (χ1v) is 12.4. The second-order valence-corrected chi connectivity index (χ2v) is 9.39. The van der Waals surface area contributed by atoms with Crippen LogP contribution in [0.2, 0.25) is 0 Å². The van der Waals surface area contributed by atoms with Crippen LogP contribution in [-0.4, -0.2) is 0 Å². The molecule has 0 atom stereocenters. The van der Waals surface area contributed by atoms with Crippen LogP contribution in [0.25, 0.3) is 23.3 Å². The van der Waals surface area contributed by atoms with Gasteiger partial charge in [0.25, 0.3) is 0 Å². The van der Waals surface area contributed by atoms with E-state index in [1.165, 1.54) is 38.9 Å². The van der Waals surface area contributed by atoms with Crippen LogP contribution in [0, 0.1) is 20.8 Å². The molecule has 0 spiro atoms. The summed E-state index contributed by atoms with van der Waals surface area (Å²) >= 11 is 0. The molecule has 0 N–H and O–H groups in total. The molecule has 0 fully saturated rings. The predicted octanol–water partition coefficient (Wildman–Crippen LogP) is 9.92. The Hall–Kier alpha value is -4.36. The Kier molecular flexibility index (Phi) is 6.82. The number of aryl methyl sites for hydroxylation is 3. The summed E-state index contributed by atoms with van der Waals surface area (Å²) in [7, 11) is 0. The van der Waals surface area contributed by atoms with E-state index in [4.69, 9.17) is 0 Å². The Morgan fingerprint density at radius 1 is 0.472 bits per heavy atom. The predicted molar refractivity (Wildman–Crippen MR) is 156 cm³/mol. The summed E-state index contributed by atoms with van der Waals surface area (Å²) in [5, 5.41) is 0. The largest absolute Gasteiger partial charge is 0.310 e. The zero-order chi connectivity index (χ0) is 24.9. The number of nitrogens with zero attached hydrogens (tertiary/aromatic N) is 1. The summed E-state index contributed by atoms with van der Waals surface area (Å²) in [5.41, 5.74) is 12.0. The number of hydrogen-bond donors (Lipinski definition) is 0. The van der Waals surface area contributed by atoms with Gasteiger partial charge in [-0.05, 0) is 79.4 Å². The second-order valence-electron chi connectivity index (χ2n) is 9.39. The summed E-state index contributed by atoms with van der Waals surface area (Å²) in [6.07, 6.45) is 4.41. The van der Waals surface area contributed by atoms with Crippen molar-refractivity contribution < 1.29 is 0 Å². The van der Waals surface area contributed by atoms with Crippen LogP contribution in [0.3, 0.4) is 0 Å². The fraction of sp³-hybridized carbons (Fsp3) is 0.0857. The number of hydrogen-bond acceptors (Lipinski definition) is 1. The smallest absolute Gasteiger partial charge is 0.0468 e. The molecule has 0 heterocycles. The quantitative estimate of drug-likeness (QED) is 0.226. The first kappa shape index (κ1) is 23.4. The van der Waals surface area contributed by atoms with Crippen molar-refractivity contribution in [2.24, 2.45) is 0 Å². The van der Waals surface area contributed by atoms with Crippen LogP contribution in [-0.2, 0) is 0 Å². The highest BCUT2D eigenvalue weighted by atomic mass is 15.1. The van der Waals surface area contributed by atoms with Gasteiger partial charge in [0, 0.05) is 17.1 Å². The molecule has 1 heteroatoms. The molecule has 0 aromatic heterocycles. The Morgan fingerprint density at radius 3 is 1.53 bits per heavy atom. The molecule has 0 amide bonds. The maximum Gasteiger partial charge on any atom is 0.0468 e. The van der Waals surface area contributed by atoms with E-state index in [1.807, 2.05) is 0 Å². The van der Waals surface area contributed by atoms with E-state index in [0.717, 1.165) is 17.1 Å². The minimum atomic E-state index is 1.13. The molecule has 5 aromatic carbocycles.